The number of hydrogen-bond donors (Lipinski definition) is 2. The van der Waals surface area contributed by atoms with Crippen LogP contribution in [0.25, 0.3) is 11.3 Å². The summed E-state index contributed by atoms with van der Waals surface area (Å²) in [7, 11) is 1.07. The van der Waals surface area contributed by atoms with Gasteiger partial charge in [-0.25, -0.2) is 9.78 Å². The maximum Gasteiger partial charge on any atom is 0.494 e. The van der Waals surface area contributed by atoms with Gasteiger partial charge in [0, 0.05) is 26.8 Å². The van der Waals surface area contributed by atoms with E-state index in [4.69, 9.17) is 14.0 Å². The van der Waals surface area contributed by atoms with E-state index in [0.717, 1.165) is 23.1 Å². The molecular weight excluding hydrogens is 511 g/mol. The van der Waals surface area contributed by atoms with Crippen LogP contribution in [0.4, 0.5) is 4.79 Å². The van der Waals surface area contributed by atoms with Gasteiger partial charge in [-0.1, -0.05) is 31.2 Å². The number of likely N-dealkylation sites (tertiary alicyclic amines) is 1. The molecule has 5 rings (SSSR count). The quantitative estimate of drug-likeness (QED) is 0.525. The molecule has 40 heavy (non-hydrogen) atoms. The van der Waals surface area contributed by atoms with Gasteiger partial charge in [0.05, 0.1) is 29.1 Å². The van der Waals surface area contributed by atoms with E-state index in [-0.39, 0.29) is 23.8 Å². The number of rotatable bonds is 6. The first kappa shape index (κ1) is 28.6. The van der Waals surface area contributed by atoms with Crippen LogP contribution in [0.5, 0.6) is 0 Å². The van der Waals surface area contributed by atoms with Gasteiger partial charge >= 0.3 is 13.2 Å². The van der Waals surface area contributed by atoms with E-state index < -0.39 is 30.5 Å². The van der Waals surface area contributed by atoms with Crippen LogP contribution in [-0.2, 0) is 18.8 Å². The number of carboxylic acid groups (broad SMARTS) is 1. The third kappa shape index (κ3) is 5.39. The number of aromatic nitrogens is 2. The van der Waals surface area contributed by atoms with Gasteiger partial charge in [-0.15, -0.1) is 0 Å². The summed E-state index contributed by atoms with van der Waals surface area (Å²) in [5.41, 5.74) is 1.96. The minimum absolute atomic E-state index is 0.0754. The Kier molecular flexibility index (Phi) is 7.76. The van der Waals surface area contributed by atoms with Crippen molar-refractivity contribution in [1.82, 2.24) is 19.8 Å². The van der Waals surface area contributed by atoms with Crippen molar-refractivity contribution in [2.24, 2.45) is 11.8 Å². The highest BCUT2D eigenvalue weighted by Crippen LogP contribution is 2.38. The number of H-pyrrole nitrogens is 1. The van der Waals surface area contributed by atoms with Gasteiger partial charge in [0.2, 0.25) is 5.91 Å². The zero-order valence-electron chi connectivity index (χ0n) is 24.3. The fourth-order valence-corrected chi connectivity index (χ4v) is 6.00. The van der Waals surface area contributed by atoms with Crippen molar-refractivity contribution in [3.8, 4) is 11.3 Å². The molecule has 0 spiro atoms. The number of hydrogen-bond acceptors (Lipinski definition) is 6. The lowest BCUT2D eigenvalue weighted by Crippen LogP contribution is -2.53. The van der Waals surface area contributed by atoms with Gasteiger partial charge in [-0.2, -0.15) is 0 Å². The molecular formula is C29H41BN4O6. The lowest BCUT2D eigenvalue weighted by atomic mass is 9.79. The van der Waals surface area contributed by atoms with Gasteiger partial charge in [0.25, 0.3) is 0 Å². The second-order valence-corrected chi connectivity index (χ2v) is 12.5. The molecule has 2 N–H and O–H groups in total. The number of benzene rings is 1. The van der Waals surface area contributed by atoms with Crippen LogP contribution >= 0.6 is 0 Å². The molecule has 3 aliphatic rings. The first-order valence-electron chi connectivity index (χ1n) is 14.2. The van der Waals surface area contributed by atoms with E-state index in [1.54, 1.807) is 6.20 Å². The number of carbonyl (C=O) groups excluding carboxylic acids is 1. The van der Waals surface area contributed by atoms with E-state index >= 15 is 0 Å². The molecule has 11 heteroatoms. The van der Waals surface area contributed by atoms with E-state index in [9.17, 15) is 14.7 Å². The number of carbonyl (C=O) groups is 2. The summed E-state index contributed by atoms with van der Waals surface area (Å²) in [6.45, 7) is 11.9. The van der Waals surface area contributed by atoms with Gasteiger partial charge in [0.1, 0.15) is 11.9 Å². The highest BCUT2D eigenvalue weighted by atomic mass is 16.7. The Hall–Kier alpha value is -2.89. The zero-order valence-corrected chi connectivity index (χ0v) is 24.3. The first-order chi connectivity index (χ1) is 18.9. The summed E-state index contributed by atoms with van der Waals surface area (Å²) >= 11 is 0. The Morgan fingerprint density at radius 3 is 2.35 bits per heavy atom. The molecule has 3 saturated heterocycles. The number of nitrogens with zero attached hydrogens (tertiary/aromatic N) is 3. The van der Waals surface area contributed by atoms with Crippen molar-refractivity contribution < 1.29 is 28.7 Å². The molecule has 4 heterocycles. The third-order valence-electron chi connectivity index (χ3n) is 9.14. The summed E-state index contributed by atoms with van der Waals surface area (Å²) in [4.78, 5) is 37.0. The largest absolute Gasteiger partial charge is 0.494 e. The van der Waals surface area contributed by atoms with Crippen molar-refractivity contribution in [2.75, 3.05) is 26.8 Å². The number of nitrogens with one attached hydrogen (secondary N) is 1. The standard InChI is InChI=1S/C29H41BN4O6/c1-18-15-23(34(17-18)26(35)24(33(6)27(36)37)20-11-13-38-14-12-20)25-31-16-22(32-25)19-7-9-21(10-8-19)30-39-28(2,3)29(4,5)40-30/h7-10,16,18,20,23-24H,11-15,17H2,1-6H3,(H,31,32)(H,36,37)/t18-,23-,24-/m0/s1. The van der Waals surface area contributed by atoms with E-state index in [1.807, 2.05) is 56.9 Å². The zero-order chi connectivity index (χ0) is 28.8. The smallest absolute Gasteiger partial charge is 0.465 e. The lowest BCUT2D eigenvalue weighted by Gasteiger charge is -2.37. The van der Waals surface area contributed by atoms with Crippen LogP contribution in [0.3, 0.4) is 0 Å². The molecule has 0 bridgehead atoms. The van der Waals surface area contributed by atoms with Crippen molar-refractivity contribution >= 4 is 24.6 Å². The Labute approximate surface area is 236 Å². The van der Waals surface area contributed by atoms with Crippen molar-refractivity contribution in [1.29, 1.82) is 0 Å². The van der Waals surface area contributed by atoms with E-state index in [2.05, 4.69) is 16.9 Å². The van der Waals surface area contributed by atoms with Gasteiger partial charge in [-0.3, -0.25) is 9.69 Å². The second kappa shape index (κ2) is 10.8. The van der Waals surface area contributed by atoms with Gasteiger partial charge < -0.3 is 29.0 Å². The molecule has 216 valence electrons. The molecule has 3 fully saturated rings. The monoisotopic (exact) mass is 552 g/mol. The lowest BCUT2D eigenvalue weighted by molar-refractivity contribution is -0.140. The molecule has 0 unspecified atom stereocenters. The van der Waals surface area contributed by atoms with Crippen LogP contribution in [0, 0.1) is 11.8 Å². The first-order valence-corrected chi connectivity index (χ1v) is 14.2. The number of likely N-dealkylation sites (N-methyl/N-ethyl adjacent to an activating group) is 1. The number of imidazole rings is 1. The van der Waals surface area contributed by atoms with Crippen LogP contribution < -0.4 is 5.46 Å². The second-order valence-electron chi connectivity index (χ2n) is 12.5. The Morgan fingerprint density at radius 1 is 1.12 bits per heavy atom. The Bertz CT molecular complexity index is 1210. The molecule has 1 aromatic heterocycles. The molecule has 2 amide bonds. The SMILES string of the molecule is C[C@H]1C[C@@H](c2ncc(-c3ccc(B4OC(C)(C)C(C)(C)O4)cc3)[nH]2)N(C(=O)[C@H](C2CCOCC2)N(C)C(=O)O)C1. The Morgan fingerprint density at radius 2 is 1.75 bits per heavy atom. The predicted molar refractivity (Wildman–Crippen MR) is 151 cm³/mol. The highest BCUT2D eigenvalue weighted by Gasteiger charge is 2.51. The minimum atomic E-state index is -1.10. The highest BCUT2D eigenvalue weighted by molar-refractivity contribution is 6.62. The molecule has 0 radical (unpaired) electrons. The maximum atomic E-state index is 14.0. The van der Waals surface area contributed by atoms with Crippen molar-refractivity contribution in [3.05, 3.63) is 36.3 Å². The molecule has 0 saturated carbocycles. The molecule has 3 atom stereocenters. The third-order valence-corrected chi connectivity index (χ3v) is 9.14. The van der Waals surface area contributed by atoms with Crippen LogP contribution in [0.1, 0.15) is 65.7 Å². The van der Waals surface area contributed by atoms with Gasteiger partial charge in [-0.05, 0) is 69.8 Å². The van der Waals surface area contributed by atoms with Crippen LogP contribution in [-0.4, -0.2) is 88.0 Å². The maximum absolute atomic E-state index is 14.0. The van der Waals surface area contributed by atoms with Crippen molar-refractivity contribution in [2.45, 2.75) is 77.2 Å². The van der Waals surface area contributed by atoms with E-state index in [0.29, 0.717) is 38.4 Å². The molecule has 0 aliphatic carbocycles. The summed E-state index contributed by atoms with van der Waals surface area (Å²) in [6.07, 6.45) is 2.78. The number of amides is 2. The summed E-state index contributed by atoms with van der Waals surface area (Å²) in [5.74, 6) is 0.753. The fraction of sp³-hybridized carbons (Fsp3) is 0.621. The molecule has 3 aliphatic heterocycles. The average molecular weight is 552 g/mol. The van der Waals surface area contributed by atoms with Gasteiger partial charge in [0.15, 0.2) is 0 Å². The topological polar surface area (TPSA) is 117 Å². The fourth-order valence-electron chi connectivity index (χ4n) is 6.00. The number of ether oxygens (including phenoxy) is 1. The predicted octanol–water partition coefficient (Wildman–Crippen LogP) is 3.69. The summed E-state index contributed by atoms with van der Waals surface area (Å²) < 4.78 is 17.8. The minimum Gasteiger partial charge on any atom is -0.465 e. The average Bonchev–Trinajstić information content (AvgIpc) is 3.60. The normalized spacial score (nSPS) is 25.2. The van der Waals surface area contributed by atoms with Crippen molar-refractivity contribution in [3.63, 3.8) is 0 Å². The molecule has 2 aromatic rings. The van der Waals surface area contributed by atoms with Crippen LogP contribution in [0.15, 0.2) is 30.5 Å². The number of aromatic amines is 1. The van der Waals surface area contributed by atoms with Crippen LogP contribution in [0.2, 0.25) is 0 Å². The summed E-state index contributed by atoms with van der Waals surface area (Å²) in [6, 6.07) is 7.05. The molecule has 10 nitrogen and oxygen atoms in total. The summed E-state index contributed by atoms with van der Waals surface area (Å²) in [5, 5.41) is 9.77. The molecule has 1 aromatic carbocycles. The Balaban J connectivity index is 1.34. The van der Waals surface area contributed by atoms with E-state index in [1.165, 1.54) is 11.9 Å².